The average molecular weight is 558 g/mol. The third-order valence-corrected chi connectivity index (χ3v) is 7.74. The molecule has 1 atom stereocenters. The molecule has 2 aliphatic rings. The van der Waals surface area contributed by atoms with Crippen molar-refractivity contribution in [3.63, 3.8) is 0 Å². The van der Waals surface area contributed by atoms with E-state index in [0.29, 0.717) is 29.0 Å². The molecule has 3 N–H and O–H groups in total. The summed E-state index contributed by atoms with van der Waals surface area (Å²) < 4.78 is 18.3. The molecule has 0 radical (unpaired) electrons. The van der Waals surface area contributed by atoms with Crippen LogP contribution in [0.1, 0.15) is 24.8 Å². The molecule has 2 aliphatic heterocycles. The summed E-state index contributed by atoms with van der Waals surface area (Å²) >= 11 is 0. The highest BCUT2D eigenvalue weighted by molar-refractivity contribution is 5.93. The summed E-state index contributed by atoms with van der Waals surface area (Å²) in [6.45, 7) is 2.76. The highest BCUT2D eigenvalue weighted by Crippen LogP contribution is 2.39. The van der Waals surface area contributed by atoms with Crippen LogP contribution in [0.3, 0.4) is 0 Å². The summed E-state index contributed by atoms with van der Waals surface area (Å²) in [5, 5.41) is 17.7. The summed E-state index contributed by atoms with van der Waals surface area (Å²) in [6, 6.07) is 10.2. The van der Waals surface area contributed by atoms with Gasteiger partial charge in [-0.2, -0.15) is 4.98 Å². The van der Waals surface area contributed by atoms with E-state index in [4.69, 9.17) is 24.2 Å². The number of imidazole rings is 1. The van der Waals surface area contributed by atoms with Gasteiger partial charge in [-0.25, -0.2) is 9.97 Å². The Hall–Kier alpha value is -4.35. The van der Waals surface area contributed by atoms with Gasteiger partial charge < -0.3 is 39.4 Å². The largest absolute Gasteiger partial charge is 0.493 e. The zero-order valence-electron chi connectivity index (χ0n) is 23.6. The van der Waals surface area contributed by atoms with E-state index in [1.54, 1.807) is 27.7 Å². The van der Waals surface area contributed by atoms with Crippen molar-refractivity contribution in [2.45, 2.75) is 25.3 Å². The minimum absolute atomic E-state index is 0.0343. The second kappa shape index (κ2) is 11.6. The van der Waals surface area contributed by atoms with Crippen molar-refractivity contribution in [3.05, 3.63) is 54.5 Å². The summed E-state index contributed by atoms with van der Waals surface area (Å²) in [5.74, 6) is 3.48. The molecular formula is C30H35N7O4. The highest BCUT2D eigenvalue weighted by atomic mass is 16.5. The van der Waals surface area contributed by atoms with Crippen LogP contribution in [0.15, 0.2) is 48.9 Å². The molecule has 1 saturated heterocycles. The number of hydrogen-bond acceptors (Lipinski definition) is 10. The number of aliphatic hydroxyl groups is 1. The Balaban J connectivity index is 1.37. The van der Waals surface area contributed by atoms with Gasteiger partial charge in [-0.3, -0.25) is 0 Å². The van der Waals surface area contributed by atoms with Gasteiger partial charge in [0.2, 0.25) is 11.7 Å². The Labute approximate surface area is 238 Å². The van der Waals surface area contributed by atoms with E-state index in [9.17, 15) is 5.11 Å². The lowest BCUT2D eigenvalue weighted by molar-refractivity contribution is 0.266. The fourth-order valence-corrected chi connectivity index (χ4v) is 5.64. The smallest absolute Gasteiger partial charge is 0.230 e. The first-order valence-corrected chi connectivity index (χ1v) is 13.8. The van der Waals surface area contributed by atoms with Crippen LogP contribution < -0.4 is 29.7 Å². The number of ether oxygens (including phenoxy) is 3. The molecule has 0 unspecified atom stereocenters. The Kier molecular flexibility index (Phi) is 7.62. The van der Waals surface area contributed by atoms with Crippen molar-refractivity contribution >= 4 is 34.1 Å². The van der Waals surface area contributed by atoms with Gasteiger partial charge in [-0.15, -0.1) is 0 Å². The van der Waals surface area contributed by atoms with Crippen LogP contribution in [0.5, 0.6) is 17.2 Å². The lowest BCUT2D eigenvalue weighted by Gasteiger charge is -2.26. The van der Waals surface area contributed by atoms with Gasteiger partial charge in [0.05, 0.1) is 51.4 Å². The molecule has 0 amide bonds. The molecule has 41 heavy (non-hydrogen) atoms. The molecule has 0 bridgehead atoms. The number of hydrogen-bond donors (Lipinski definition) is 3. The molecular weight excluding hydrogens is 522 g/mol. The van der Waals surface area contributed by atoms with Crippen molar-refractivity contribution in [2.24, 2.45) is 0 Å². The minimum Gasteiger partial charge on any atom is -0.493 e. The average Bonchev–Trinajstić information content (AvgIpc) is 3.70. The Morgan fingerprint density at radius 2 is 1.90 bits per heavy atom. The van der Waals surface area contributed by atoms with E-state index in [2.05, 4.69) is 44.8 Å². The Morgan fingerprint density at radius 3 is 2.61 bits per heavy atom. The van der Waals surface area contributed by atoms with Gasteiger partial charge in [-0.1, -0.05) is 12.1 Å². The number of aromatic nitrogens is 4. The Bertz CT molecular complexity index is 1560. The molecule has 4 heterocycles. The van der Waals surface area contributed by atoms with Gasteiger partial charge in [-0.05, 0) is 49.1 Å². The van der Waals surface area contributed by atoms with Gasteiger partial charge in [0, 0.05) is 30.6 Å². The predicted octanol–water partition coefficient (Wildman–Crippen LogP) is 3.92. The lowest BCUT2D eigenvalue weighted by atomic mass is 9.99. The van der Waals surface area contributed by atoms with Crippen LogP contribution >= 0.6 is 0 Å². The fourth-order valence-electron chi connectivity index (χ4n) is 5.64. The fraction of sp³-hybridized carbons (Fsp3) is 0.367. The molecule has 6 rings (SSSR count). The number of rotatable bonds is 9. The first kappa shape index (κ1) is 26.9. The Morgan fingerprint density at radius 1 is 1.07 bits per heavy atom. The molecule has 2 aromatic carbocycles. The first-order chi connectivity index (χ1) is 20.1. The van der Waals surface area contributed by atoms with E-state index >= 15 is 0 Å². The van der Waals surface area contributed by atoms with E-state index in [1.165, 1.54) is 11.1 Å². The third-order valence-electron chi connectivity index (χ3n) is 7.74. The second-order valence-electron chi connectivity index (χ2n) is 10.1. The summed E-state index contributed by atoms with van der Waals surface area (Å²) in [6.07, 6.45) is 8.72. The van der Waals surface area contributed by atoms with Gasteiger partial charge >= 0.3 is 0 Å². The molecule has 11 heteroatoms. The van der Waals surface area contributed by atoms with Crippen LogP contribution in [0.25, 0.3) is 22.2 Å². The monoisotopic (exact) mass is 557 g/mol. The zero-order valence-corrected chi connectivity index (χ0v) is 23.6. The number of benzene rings is 2. The normalized spacial score (nSPS) is 17.0. The SMILES string of the molecule is COc1cc(-n2cnc(Nc3nc(N4CCC[C@H]4CO)c4ccc(C5=CCNCC5)cc4n3)c2)cc(OC)c1OC. The van der Waals surface area contributed by atoms with E-state index < -0.39 is 0 Å². The topological polar surface area (TPSA) is 119 Å². The third kappa shape index (κ3) is 5.25. The summed E-state index contributed by atoms with van der Waals surface area (Å²) in [7, 11) is 4.76. The van der Waals surface area contributed by atoms with Crippen molar-refractivity contribution in [2.75, 3.05) is 57.8 Å². The number of aliphatic hydroxyl groups excluding tert-OH is 1. The lowest BCUT2D eigenvalue weighted by Crippen LogP contribution is -2.33. The number of fused-ring (bicyclic) bond motifs is 1. The van der Waals surface area contributed by atoms with E-state index in [-0.39, 0.29) is 12.6 Å². The van der Waals surface area contributed by atoms with Gasteiger partial charge in [0.15, 0.2) is 17.3 Å². The van der Waals surface area contributed by atoms with Crippen molar-refractivity contribution in [1.82, 2.24) is 24.8 Å². The standard InChI is InChI=1S/C30H35N7O4/c1-39-25-14-22(15-26(40-2)28(25)41-3)36-16-27(32-18-36)34-30-33-24-13-20(19-8-10-31-11-9-19)6-7-23(24)29(35-30)37-12-4-5-21(37)17-38/h6-8,13-16,18,21,31,38H,4-5,9-12,17H2,1-3H3,(H,33,34,35)/t21-/m0/s1. The molecule has 0 saturated carbocycles. The summed E-state index contributed by atoms with van der Waals surface area (Å²) in [5.41, 5.74) is 4.13. The van der Waals surface area contributed by atoms with Crippen LogP contribution in [0, 0.1) is 0 Å². The van der Waals surface area contributed by atoms with Crippen molar-refractivity contribution < 1.29 is 19.3 Å². The van der Waals surface area contributed by atoms with Crippen molar-refractivity contribution in [1.29, 1.82) is 0 Å². The first-order valence-electron chi connectivity index (χ1n) is 13.8. The van der Waals surface area contributed by atoms with Gasteiger partial charge in [0.25, 0.3) is 0 Å². The molecule has 4 aromatic rings. The zero-order chi connectivity index (χ0) is 28.3. The molecule has 11 nitrogen and oxygen atoms in total. The molecule has 214 valence electrons. The van der Waals surface area contributed by atoms with Crippen LogP contribution in [-0.2, 0) is 0 Å². The number of nitrogens with one attached hydrogen (secondary N) is 2. The van der Waals surface area contributed by atoms with Crippen LogP contribution in [0.4, 0.5) is 17.6 Å². The van der Waals surface area contributed by atoms with E-state index in [0.717, 1.165) is 61.3 Å². The second-order valence-corrected chi connectivity index (χ2v) is 10.1. The maximum atomic E-state index is 10.1. The van der Waals surface area contributed by atoms with Crippen molar-refractivity contribution in [3.8, 4) is 22.9 Å². The molecule has 1 fully saturated rings. The van der Waals surface area contributed by atoms with E-state index in [1.807, 2.05) is 22.9 Å². The number of methoxy groups -OCH3 is 3. The summed E-state index contributed by atoms with van der Waals surface area (Å²) in [4.78, 5) is 16.6. The minimum atomic E-state index is 0.0343. The predicted molar refractivity (Wildman–Crippen MR) is 159 cm³/mol. The maximum Gasteiger partial charge on any atom is 0.230 e. The van der Waals surface area contributed by atoms with Gasteiger partial charge in [0.1, 0.15) is 12.1 Å². The molecule has 0 aliphatic carbocycles. The number of nitrogens with zero attached hydrogens (tertiary/aromatic N) is 5. The van der Waals surface area contributed by atoms with Crippen LogP contribution in [0.2, 0.25) is 0 Å². The highest BCUT2D eigenvalue weighted by Gasteiger charge is 2.27. The number of anilines is 3. The quantitative estimate of drug-likeness (QED) is 0.279. The molecule has 0 spiro atoms. The molecule has 2 aromatic heterocycles. The van der Waals surface area contributed by atoms with Crippen LogP contribution in [-0.4, -0.2) is 78.2 Å². The maximum absolute atomic E-state index is 10.1.